The van der Waals surface area contributed by atoms with E-state index in [9.17, 15) is 4.79 Å². The van der Waals surface area contributed by atoms with Gasteiger partial charge >= 0.3 is 0 Å². The molecule has 0 saturated heterocycles. The van der Waals surface area contributed by atoms with E-state index in [2.05, 4.69) is 5.10 Å². The second-order valence-electron chi connectivity index (χ2n) is 4.64. The molecular weight excluding hydrogens is 256 g/mol. The zero-order valence-corrected chi connectivity index (χ0v) is 11.8. The number of benzene rings is 1. The average Bonchev–Trinajstić information content (AvgIpc) is 2.86. The van der Waals surface area contributed by atoms with Crippen LogP contribution in [-0.4, -0.2) is 41.8 Å². The highest BCUT2D eigenvalue weighted by atomic mass is 16.5. The highest BCUT2D eigenvalue weighted by Gasteiger charge is 2.12. The molecule has 2 aromatic rings. The Labute approximate surface area is 117 Å². The number of aromatic nitrogens is 2. The first-order valence-electron chi connectivity index (χ1n) is 6.18. The average molecular weight is 274 g/mol. The van der Waals surface area contributed by atoms with Crippen LogP contribution in [0.5, 0.6) is 5.75 Å². The van der Waals surface area contributed by atoms with Gasteiger partial charge in [-0.2, -0.15) is 5.10 Å². The monoisotopic (exact) mass is 274 g/mol. The number of amides is 1. The largest absolute Gasteiger partial charge is 0.494 e. The van der Waals surface area contributed by atoms with Crippen LogP contribution in [-0.2, 0) is 11.3 Å². The van der Waals surface area contributed by atoms with Gasteiger partial charge in [0.05, 0.1) is 19.0 Å². The summed E-state index contributed by atoms with van der Waals surface area (Å²) in [6, 6.07) is 5.54. The highest BCUT2D eigenvalue weighted by Crippen LogP contribution is 2.34. The summed E-state index contributed by atoms with van der Waals surface area (Å²) in [6.45, 7) is 0.206. The van der Waals surface area contributed by atoms with Gasteiger partial charge in [-0.3, -0.25) is 9.48 Å². The number of likely N-dealkylation sites (N-methyl/N-ethyl adjacent to an activating group) is 1. The molecule has 0 bridgehead atoms. The standard InChI is InChI=1S/C14H18N4O2/c1-17(2)13(19)9-18-8-10(7-16-18)11-5-4-6-12(15)14(11)20-3/h4-8H,9,15H2,1-3H3. The molecule has 0 unspecified atom stereocenters. The van der Waals surface area contributed by atoms with Gasteiger partial charge in [-0.05, 0) is 6.07 Å². The molecule has 0 aliphatic carbocycles. The van der Waals surface area contributed by atoms with Crippen molar-refractivity contribution in [3.63, 3.8) is 0 Å². The number of para-hydroxylation sites is 1. The quantitative estimate of drug-likeness (QED) is 0.851. The Morgan fingerprint density at radius 3 is 2.85 bits per heavy atom. The van der Waals surface area contributed by atoms with E-state index in [-0.39, 0.29) is 12.5 Å². The molecule has 0 fully saturated rings. The summed E-state index contributed by atoms with van der Waals surface area (Å²) in [4.78, 5) is 13.2. The second-order valence-corrected chi connectivity index (χ2v) is 4.64. The van der Waals surface area contributed by atoms with E-state index in [1.54, 1.807) is 44.3 Å². The maximum atomic E-state index is 11.7. The van der Waals surface area contributed by atoms with Crippen LogP contribution in [0.3, 0.4) is 0 Å². The van der Waals surface area contributed by atoms with Gasteiger partial charge in [0.1, 0.15) is 12.3 Å². The zero-order chi connectivity index (χ0) is 14.7. The second kappa shape index (κ2) is 5.64. The fraction of sp³-hybridized carbons (Fsp3) is 0.286. The molecule has 6 nitrogen and oxygen atoms in total. The summed E-state index contributed by atoms with van der Waals surface area (Å²) >= 11 is 0. The molecule has 1 aromatic carbocycles. The van der Waals surface area contributed by atoms with Crippen LogP contribution in [0.15, 0.2) is 30.6 Å². The van der Waals surface area contributed by atoms with E-state index in [0.717, 1.165) is 11.1 Å². The van der Waals surface area contributed by atoms with Crippen molar-refractivity contribution in [2.24, 2.45) is 0 Å². The van der Waals surface area contributed by atoms with E-state index < -0.39 is 0 Å². The predicted molar refractivity (Wildman–Crippen MR) is 77.3 cm³/mol. The lowest BCUT2D eigenvalue weighted by Crippen LogP contribution is -2.26. The van der Waals surface area contributed by atoms with Gasteiger partial charge in [0.15, 0.2) is 0 Å². The molecule has 2 rings (SSSR count). The Bertz CT molecular complexity index is 619. The SMILES string of the molecule is COc1c(N)cccc1-c1cnn(CC(=O)N(C)C)c1. The number of nitrogens with zero attached hydrogens (tertiary/aromatic N) is 3. The summed E-state index contributed by atoms with van der Waals surface area (Å²) in [6.07, 6.45) is 3.50. The van der Waals surface area contributed by atoms with Crippen molar-refractivity contribution in [3.8, 4) is 16.9 Å². The van der Waals surface area contributed by atoms with Crippen molar-refractivity contribution in [1.82, 2.24) is 14.7 Å². The fourth-order valence-corrected chi connectivity index (χ4v) is 1.88. The molecule has 2 N–H and O–H groups in total. The van der Waals surface area contributed by atoms with Crippen molar-refractivity contribution in [1.29, 1.82) is 0 Å². The number of hydrogen-bond acceptors (Lipinski definition) is 4. The summed E-state index contributed by atoms with van der Waals surface area (Å²) in [5, 5.41) is 4.19. The molecule has 106 valence electrons. The van der Waals surface area contributed by atoms with Gasteiger partial charge in [-0.25, -0.2) is 0 Å². The van der Waals surface area contributed by atoms with Crippen molar-refractivity contribution < 1.29 is 9.53 Å². The highest BCUT2D eigenvalue weighted by molar-refractivity contribution is 5.77. The van der Waals surface area contributed by atoms with Crippen LogP contribution in [0.1, 0.15) is 0 Å². The molecule has 0 aliphatic heterocycles. The minimum Gasteiger partial charge on any atom is -0.494 e. The van der Waals surface area contributed by atoms with Crippen molar-refractivity contribution in [2.45, 2.75) is 6.54 Å². The Balaban J connectivity index is 2.29. The molecule has 1 heterocycles. The minimum absolute atomic E-state index is 0.0146. The number of anilines is 1. The lowest BCUT2D eigenvalue weighted by atomic mass is 10.1. The molecule has 1 amide bonds. The van der Waals surface area contributed by atoms with Crippen molar-refractivity contribution in [3.05, 3.63) is 30.6 Å². The third-order valence-electron chi connectivity index (χ3n) is 2.99. The van der Waals surface area contributed by atoms with E-state index in [4.69, 9.17) is 10.5 Å². The predicted octanol–water partition coefficient (Wildman–Crippen LogP) is 1.23. The van der Waals surface area contributed by atoms with Gasteiger partial charge in [0, 0.05) is 31.4 Å². The van der Waals surface area contributed by atoms with Crippen LogP contribution < -0.4 is 10.5 Å². The Hall–Kier alpha value is -2.50. The van der Waals surface area contributed by atoms with Crippen LogP contribution in [0, 0.1) is 0 Å². The first kappa shape index (κ1) is 13.9. The smallest absolute Gasteiger partial charge is 0.243 e. The summed E-state index contributed by atoms with van der Waals surface area (Å²) in [5.74, 6) is 0.602. The van der Waals surface area contributed by atoms with Crippen LogP contribution >= 0.6 is 0 Å². The number of carbonyl (C=O) groups is 1. The van der Waals surface area contributed by atoms with E-state index in [1.165, 1.54) is 4.90 Å². The van der Waals surface area contributed by atoms with Crippen molar-refractivity contribution in [2.75, 3.05) is 26.9 Å². The van der Waals surface area contributed by atoms with Crippen LogP contribution in [0.2, 0.25) is 0 Å². The van der Waals surface area contributed by atoms with Crippen LogP contribution in [0.4, 0.5) is 5.69 Å². The molecule has 20 heavy (non-hydrogen) atoms. The molecule has 0 radical (unpaired) electrons. The van der Waals surface area contributed by atoms with Gasteiger partial charge in [-0.1, -0.05) is 12.1 Å². The van der Waals surface area contributed by atoms with E-state index >= 15 is 0 Å². The molecular formula is C14H18N4O2. The molecule has 0 atom stereocenters. The van der Waals surface area contributed by atoms with Gasteiger partial charge in [0.25, 0.3) is 0 Å². The summed E-state index contributed by atoms with van der Waals surface area (Å²) in [5.41, 5.74) is 8.17. The Kier molecular flexibility index (Phi) is 3.93. The van der Waals surface area contributed by atoms with E-state index in [0.29, 0.717) is 11.4 Å². The number of nitrogens with two attached hydrogens (primary N) is 1. The Morgan fingerprint density at radius 1 is 1.45 bits per heavy atom. The number of hydrogen-bond donors (Lipinski definition) is 1. The lowest BCUT2D eigenvalue weighted by Gasteiger charge is -2.10. The van der Waals surface area contributed by atoms with Gasteiger partial charge in [-0.15, -0.1) is 0 Å². The minimum atomic E-state index is -0.0146. The molecule has 1 aromatic heterocycles. The fourth-order valence-electron chi connectivity index (χ4n) is 1.88. The maximum Gasteiger partial charge on any atom is 0.243 e. The first-order valence-corrected chi connectivity index (χ1v) is 6.18. The number of rotatable bonds is 4. The first-order chi connectivity index (χ1) is 9.52. The third-order valence-corrected chi connectivity index (χ3v) is 2.99. The molecule has 0 aliphatic rings. The number of methoxy groups -OCH3 is 1. The number of ether oxygens (including phenoxy) is 1. The van der Waals surface area contributed by atoms with Gasteiger partial charge < -0.3 is 15.4 Å². The molecule has 0 saturated carbocycles. The van der Waals surface area contributed by atoms with Gasteiger partial charge in [0.2, 0.25) is 5.91 Å². The van der Waals surface area contributed by atoms with Crippen LogP contribution in [0.25, 0.3) is 11.1 Å². The lowest BCUT2D eigenvalue weighted by molar-refractivity contribution is -0.129. The molecule has 6 heteroatoms. The third kappa shape index (κ3) is 2.74. The zero-order valence-electron chi connectivity index (χ0n) is 11.8. The summed E-state index contributed by atoms with van der Waals surface area (Å²) in [7, 11) is 5.01. The number of nitrogen functional groups attached to an aromatic ring is 1. The van der Waals surface area contributed by atoms with Crippen molar-refractivity contribution >= 4 is 11.6 Å². The normalized spacial score (nSPS) is 10.3. The maximum absolute atomic E-state index is 11.7. The van der Waals surface area contributed by atoms with E-state index in [1.807, 2.05) is 12.1 Å². The molecule has 0 spiro atoms. The topological polar surface area (TPSA) is 73.4 Å². The number of carbonyl (C=O) groups excluding carboxylic acids is 1. The Morgan fingerprint density at radius 2 is 2.20 bits per heavy atom. The summed E-state index contributed by atoms with van der Waals surface area (Å²) < 4.78 is 6.92.